The van der Waals surface area contributed by atoms with Gasteiger partial charge in [0.25, 0.3) is 0 Å². The van der Waals surface area contributed by atoms with Gasteiger partial charge in [-0.3, -0.25) is 4.79 Å². The Morgan fingerprint density at radius 2 is 2.00 bits per heavy atom. The van der Waals surface area contributed by atoms with Crippen LogP contribution < -0.4 is 5.73 Å². The number of esters is 1. The van der Waals surface area contributed by atoms with Crippen LogP contribution >= 0.6 is 12.4 Å². The van der Waals surface area contributed by atoms with Crippen molar-refractivity contribution in [2.24, 2.45) is 5.73 Å². The van der Waals surface area contributed by atoms with Crippen molar-refractivity contribution in [3.05, 3.63) is 35.4 Å². The van der Waals surface area contributed by atoms with Crippen LogP contribution in [-0.2, 0) is 14.9 Å². The number of carbonyl (C=O) groups is 1. The predicted molar refractivity (Wildman–Crippen MR) is 71.3 cm³/mol. The van der Waals surface area contributed by atoms with Crippen LogP contribution in [0.2, 0.25) is 0 Å². The van der Waals surface area contributed by atoms with Gasteiger partial charge in [-0.15, -0.1) is 12.4 Å². The van der Waals surface area contributed by atoms with Crippen LogP contribution in [0.5, 0.6) is 0 Å². The van der Waals surface area contributed by atoms with Gasteiger partial charge in [0.1, 0.15) is 0 Å². The summed E-state index contributed by atoms with van der Waals surface area (Å²) in [4.78, 5) is 11.7. The summed E-state index contributed by atoms with van der Waals surface area (Å²) in [6.07, 6.45) is 0. The molecule has 0 unspecified atom stereocenters. The van der Waals surface area contributed by atoms with Gasteiger partial charge in [-0.2, -0.15) is 0 Å². The van der Waals surface area contributed by atoms with Crippen molar-refractivity contribution in [3.8, 4) is 0 Å². The zero-order chi connectivity index (χ0) is 12.3. The van der Waals surface area contributed by atoms with Gasteiger partial charge in [0.2, 0.25) is 0 Å². The Bertz CT molecular complexity index is 389. The van der Waals surface area contributed by atoms with E-state index in [1.54, 1.807) is 0 Å². The largest absolute Gasteiger partial charge is 0.468 e. The lowest BCUT2D eigenvalue weighted by atomic mass is 9.83. The smallest absolute Gasteiger partial charge is 0.315 e. The van der Waals surface area contributed by atoms with Crippen LogP contribution in [0.3, 0.4) is 0 Å². The first-order valence-electron chi connectivity index (χ1n) is 5.34. The number of rotatable bonds is 3. The first-order valence-corrected chi connectivity index (χ1v) is 5.34. The van der Waals surface area contributed by atoms with Crippen LogP contribution in [0.1, 0.15) is 37.9 Å². The highest BCUT2D eigenvalue weighted by molar-refractivity contribution is 5.85. The predicted octanol–water partition coefficient (Wildman–Crippen LogP) is 2.58. The molecule has 0 amide bonds. The molecule has 1 aromatic carbocycles. The minimum absolute atomic E-state index is 0. The Morgan fingerprint density at radius 1 is 1.41 bits per heavy atom. The third kappa shape index (κ3) is 3.45. The molecule has 0 heterocycles. The molecular formula is C13H20ClNO2. The Kier molecular flexibility index (Phi) is 5.66. The van der Waals surface area contributed by atoms with Gasteiger partial charge in [0.15, 0.2) is 0 Å². The minimum Gasteiger partial charge on any atom is -0.468 e. The fraction of sp³-hybridized carbons (Fsp3) is 0.462. The molecule has 4 heteroatoms. The number of ether oxygens (including phenoxy) is 1. The highest BCUT2D eigenvalue weighted by atomic mass is 35.5. The summed E-state index contributed by atoms with van der Waals surface area (Å²) in [6.45, 7) is 5.61. The lowest BCUT2D eigenvalue weighted by molar-refractivity contribution is -0.146. The lowest BCUT2D eigenvalue weighted by Crippen LogP contribution is -2.30. The SMILES string of the molecule is COC(=O)C(C)(C)c1cccc([C@H](C)N)c1.Cl. The Hall–Kier alpha value is -1.06. The maximum atomic E-state index is 11.7. The summed E-state index contributed by atoms with van der Waals surface area (Å²) < 4.78 is 4.80. The van der Waals surface area contributed by atoms with Crippen LogP contribution in [0, 0.1) is 0 Å². The molecule has 1 aromatic rings. The second kappa shape index (κ2) is 6.03. The zero-order valence-corrected chi connectivity index (χ0v) is 11.5. The average molecular weight is 258 g/mol. The Balaban J connectivity index is 0.00000256. The molecule has 0 radical (unpaired) electrons. The van der Waals surface area contributed by atoms with Gasteiger partial charge >= 0.3 is 5.97 Å². The van der Waals surface area contributed by atoms with Gasteiger partial charge in [0.05, 0.1) is 12.5 Å². The monoisotopic (exact) mass is 257 g/mol. The van der Waals surface area contributed by atoms with Crippen LogP contribution in [-0.4, -0.2) is 13.1 Å². The molecule has 96 valence electrons. The number of hydrogen-bond donors (Lipinski definition) is 1. The highest BCUT2D eigenvalue weighted by Gasteiger charge is 2.30. The summed E-state index contributed by atoms with van der Waals surface area (Å²) in [6, 6.07) is 7.72. The molecule has 0 saturated carbocycles. The number of nitrogens with two attached hydrogens (primary N) is 1. The molecule has 1 rings (SSSR count). The molecule has 0 fully saturated rings. The molecule has 3 nitrogen and oxygen atoms in total. The summed E-state index contributed by atoms with van der Waals surface area (Å²) in [5, 5.41) is 0. The highest BCUT2D eigenvalue weighted by Crippen LogP contribution is 2.26. The first-order chi connectivity index (χ1) is 7.39. The van der Waals surface area contributed by atoms with E-state index in [-0.39, 0.29) is 24.4 Å². The first kappa shape index (κ1) is 15.9. The number of halogens is 1. The van der Waals surface area contributed by atoms with Crippen LogP contribution in [0.25, 0.3) is 0 Å². The van der Waals surface area contributed by atoms with Gasteiger partial charge in [-0.05, 0) is 31.9 Å². The van der Waals surface area contributed by atoms with Crippen molar-refractivity contribution in [3.63, 3.8) is 0 Å². The van der Waals surface area contributed by atoms with E-state index in [0.29, 0.717) is 0 Å². The summed E-state index contributed by atoms with van der Waals surface area (Å²) in [5.41, 5.74) is 7.13. The van der Waals surface area contributed by atoms with Crippen molar-refractivity contribution in [2.45, 2.75) is 32.2 Å². The zero-order valence-electron chi connectivity index (χ0n) is 10.7. The molecule has 0 aliphatic carbocycles. The standard InChI is InChI=1S/C13H19NO2.ClH/c1-9(14)10-6-5-7-11(8-10)13(2,3)12(15)16-4;/h5-9H,14H2,1-4H3;1H/t9-;/m0./s1. The fourth-order valence-corrected chi connectivity index (χ4v) is 1.58. The molecular weight excluding hydrogens is 238 g/mol. The van der Waals surface area contributed by atoms with Crippen molar-refractivity contribution in [1.82, 2.24) is 0 Å². The second-order valence-corrected chi connectivity index (χ2v) is 4.53. The average Bonchev–Trinajstić information content (AvgIpc) is 2.28. The van der Waals surface area contributed by atoms with E-state index in [1.165, 1.54) is 7.11 Å². The number of benzene rings is 1. The minimum atomic E-state index is -0.639. The third-order valence-corrected chi connectivity index (χ3v) is 2.83. The number of methoxy groups -OCH3 is 1. The molecule has 0 bridgehead atoms. The maximum Gasteiger partial charge on any atom is 0.315 e. The van der Waals surface area contributed by atoms with E-state index < -0.39 is 5.41 Å². The van der Waals surface area contributed by atoms with Gasteiger partial charge < -0.3 is 10.5 Å². The summed E-state index contributed by atoms with van der Waals surface area (Å²) in [7, 11) is 1.40. The number of hydrogen-bond acceptors (Lipinski definition) is 3. The summed E-state index contributed by atoms with van der Waals surface area (Å²) in [5.74, 6) is -0.241. The quantitative estimate of drug-likeness (QED) is 0.847. The van der Waals surface area contributed by atoms with Gasteiger partial charge in [-0.25, -0.2) is 0 Å². The Morgan fingerprint density at radius 3 is 2.47 bits per heavy atom. The molecule has 0 aliphatic heterocycles. The van der Waals surface area contributed by atoms with Gasteiger partial charge in [-0.1, -0.05) is 24.3 Å². The van der Waals surface area contributed by atoms with Crippen molar-refractivity contribution < 1.29 is 9.53 Å². The van der Waals surface area contributed by atoms with E-state index in [2.05, 4.69) is 0 Å². The van der Waals surface area contributed by atoms with E-state index in [4.69, 9.17) is 10.5 Å². The van der Waals surface area contributed by atoms with E-state index in [9.17, 15) is 4.79 Å². The molecule has 2 N–H and O–H groups in total. The number of carbonyl (C=O) groups excluding carboxylic acids is 1. The Labute approximate surface area is 109 Å². The molecule has 0 aliphatic rings. The normalized spacial score (nSPS) is 12.5. The third-order valence-electron chi connectivity index (χ3n) is 2.83. The summed E-state index contributed by atoms with van der Waals surface area (Å²) >= 11 is 0. The van der Waals surface area contributed by atoms with Crippen LogP contribution in [0.4, 0.5) is 0 Å². The van der Waals surface area contributed by atoms with Crippen LogP contribution in [0.15, 0.2) is 24.3 Å². The maximum absolute atomic E-state index is 11.7. The molecule has 0 aromatic heterocycles. The molecule has 0 saturated heterocycles. The molecule has 1 atom stereocenters. The molecule has 0 spiro atoms. The van der Waals surface area contributed by atoms with Crippen molar-refractivity contribution in [1.29, 1.82) is 0 Å². The lowest BCUT2D eigenvalue weighted by Gasteiger charge is -2.23. The van der Waals surface area contributed by atoms with E-state index >= 15 is 0 Å². The second-order valence-electron chi connectivity index (χ2n) is 4.53. The van der Waals surface area contributed by atoms with Crippen molar-refractivity contribution in [2.75, 3.05) is 7.11 Å². The van der Waals surface area contributed by atoms with Gasteiger partial charge in [0, 0.05) is 6.04 Å². The van der Waals surface area contributed by atoms with E-state index in [0.717, 1.165) is 11.1 Å². The van der Waals surface area contributed by atoms with E-state index in [1.807, 2.05) is 45.0 Å². The fourth-order valence-electron chi connectivity index (χ4n) is 1.58. The molecule has 17 heavy (non-hydrogen) atoms. The van der Waals surface area contributed by atoms with Crippen molar-refractivity contribution >= 4 is 18.4 Å². The topological polar surface area (TPSA) is 52.3 Å².